The van der Waals surface area contributed by atoms with E-state index in [4.69, 9.17) is 4.74 Å². The average Bonchev–Trinajstić information content (AvgIpc) is 3.77. The van der Waals surface area contributed by atoms with Crippen molar-refractivity contribution in [1.82, 2.24) is 13.5 Å². The highest BCUT2D eigenvalue weighted by molar-refractivity contribution is 7.86. The molecule has 2 saturated carbocycles. The topological polar surface area (TPSA) is 106 Å². The lowest BCUT2D eigenvalue weighted by atomic mass is 9.79. The molecule has 2 aromatic rings. The Kier molecular flexibility index (Phi) is 8.43. The number of fused-ring (bicyclic) bond motifs is 1. The molecule has 6 rings (SSSR count). The van der Waals surface area contributed by atoms with Crippen LogP contribution in [0.3, 0.4) is 0 Å². The van der Waals surface area contributed by atoms with Crippen molar-refractivity contribution in [3.05, 3.63) is 65.2 Å². The Morgan fingerprint density at radius 2 is 1.79 bits per heavy atom. The van der Waals surface area contributed by atoms with Gasteiger partial charge in [-0.05, 0) is 85.6 Å². The summed E-state index contributed by atoms with van der Waals surface area (Å²) in [6.07, 6.45) is 4.74. The van der Waals surface area contributed by atoms with Gasteiger partial charge in [-0.2, -0.15) is 22.3 Å². The van der Waals surface area contributed by atoms with Crippen LogP contribution in [-0.2, 0) is 20.4 Å². The number of rotatable bonds is 7. The molecule has 9 nitrogen and oxygen atoms in total. The quantitative estimate of drug-likeness (QED) is 0.496. The number of piperidine rings is 1. The number of urea groups is 1. The first-order valence-corrected chi connectivity index (χ1v) is 16.5. The fraction of sp³-hybridized carbons (Fsp3) is 0.548. The van der Waals surface area contributed by atoms with E-state index in [9.17, 15) is 27.3 Å². The van der Waals surface area contributed by atoms with E-state index in [-0.39, 0.29) is 29.1 Å². The minimum absolute atomic E-state index is 0.0325. The summed E-state index contributed by atoms with van der Waals surface area (Å²) in [5.74, 6) is -1.52. The molecule has 0 bridgehead atoms. The van der Waals surface area contributed by atoms with Crippen LogP contribution in [0, 0.1) is 34.8 Å². The number of carbonyl (C=O) groups excluding carboxylic acids is 1. The van der Waals surface area contributed by atoms with Crippen LogP contribution in [0.25, 0.3) is 0 Å². The highest BCUT2D eigenvalue weighted by Gasteiger charge is 2.58. The van der Waals surface area contributed by atoms with Gasteiger partial charge in [0, 0.05) is 50.5 Å². The van der Waals surface area contributed by atoms with Crippen molar-refractivity contribution in [1.29, 1.82) is 5.26 Å². The lowest BCUT2D eigenvalue weighted by Crippen LogP contribution is -2.52. The number of halogens is 2. The van der Waals surface area contributed by atoms with Crippen LogP contribution in [-0.4, -0.2) is 79.9 Å². The van der Waals surface area contributed by atoms with Gasteiger partial charge >= 0.3 is 6.03 Å². The first-order valence-electron chi connectivity index (χ1n) is 15.1. The summed E-state index contributed by atoms with van der Waals surface area (Å²) in [6, 6.07) is 13.0. The molecule has 4 aliphatic rings. The monoisotopic (exact) mass is 613 g/mol. The Labute approximate surface area is 251 Å². The SMILES string of the molecule is N#Cc1cccc([C@@]23CC[C@@H](N(CC4CCN(S(=O)(=O)N5CCOCC5)CC4)C(=O)Nc4ccc(F)c(F)c4)CC2C3)c1. The number of amides is 2. The van der Waals surface area contributed by atoms with Gasteiger partial charge in [-0.15, -0.1) is 0 Å². The van der Waals surface area contributed by atoms with Gasteiger partial charge in [-0.25, -0.2) is 13.6 Å². The molecule has 0 spiro atoms. The highest BCUT2D eigenvalue weighted by atomic mass is 32.2. The standard InChI is InChI=1S/C31H37F2N5O4S/c32-28-5-4-26(18-29(28)33)35-30(39)38(21-22-7-10-36(11-8-22)43(40,41)37-12-14-42-15-13-37)27-6-9-31(19-25(31)17-27)24-3-1-2-23(16-24)20-34/h1-5,16,18,22,25,27H,6-15,17,19,21H2,(H,35,39)/t25?,27-,31+/m1/s1. The summed E-state index contributed by atoms with van der Waals surface area (Å²) in [5.41, 5.74) is 2.05. The Bertz CT molecular complexity index is 1500. The molecular formula is C31H37F2N5O4S. The van der Waals surface area contributed by atoms with Gasteiger partial charge in [0.1, 0.15) is 0 Å². The lowest BCUT2D eigenvalue weighted by Gasteiger charge is -2.41. The van der Waals surface area contributed by atoms with Crippen LogP contribution in [0.15, 0.2) is 42.5 Å². The Balaban J connectivity index is 1.15. The van der Waals surface area contributed by atoms with Crippen LogP contribution < -0.4 is 5.32 Å². The zero-order valence-electron chi connectivity index (χ0n) is 24.1. The number of benzene rings is 2. The second-order valence-corrected chi connectivity index (χ2v) is 14.2. The van der Waals surface area contributed by atoms with Crippen LogP contribution in [0.2, 0.25) is 0 Å². The summed E-state index contributed by atoms with van der Waals surface area (Å²) < 4.78 is 62.1. The van der Waals surface area contributed by atoms with Crippen molar-refractivity contribution in [2.24, 2.45) is 11.8 Å². The van der Waals surface area contributed by atoms with Gasteiger partial charge < -0.3 is 15.0 Å². The maximum absolute atomic E-state index is 13.9. The van der Waals surface area contributed by atoms with E-state index in [0.29, 0.717) is 70.3 Å². The van der Waals surface area contributed by atoms with Gasteiger partial charge in [0.2, 0.25) is 0 Å². The van der Waals surface area contributed by atoms with Gasteiger partial charge in [-0.3, -0.25) is 0 Å². The first kappa shape index (κ1) is 29.9. The predicted octanol–water partition coefficient (Wildman–Crippen LogP) is 4.47. The molecule has 2 saturated heterocycles. The minimum atomic E-state index is -3.55. The highest BCUT2D eigenvalue weighted by Crippen LogP contribution is 2.63. The van der Waals surface area contributed by atoms with Gasteiger partial charge in [-0.1, -0.05) is 12.1 Å². The molecule has 0 radical (unpaired) electrons. The van der Waals surface area contributed by atoms with Gasteiger partial charge in [0.05, 0.1) is 24.8 Å². The summed E-state index contributed by atoms with van der Waals surface area (Å²) in [6.45, 7) is 2.71. The van der Waals surface area contributed by atoms with Crippen molar-refractivity contribution in [3.63, 3.8) is 0 Å². The molecule has 1 unspecified atom stereocenters. The molecule has 3 atom stereocenters. The Morgan fingerprint density at radius 1 is 1.05 bits per heavy atom. The fourth-order valence-electron chi connectivity index (χ4n) is 7.25. The van der Waals surface area contributed by atoms with Crippen molar-refractivity contribution in [2.75, 3.05) is 51.3 Å². The largest absolute Gasteiger partial charge is 0.379 e. The number of ether oxygens (including phenoxy) is 1. The summed E-state index contributed by atoms with van der Waals surface area (Å²) in [5, 5.41) is 12.2. The molecule has 2 aliphatic carbocycles. The third-order valence-electron chi connectivity index (χ3n) is 9.80. The second-order valence-electron chi connectivity index (χ2n) is 12.3. The van der Waals surface area contributed by atoms with E-state index < -0.39 is 21.8 Å². The van der Waals surface area contributed by atoms with Gasteiger partial charge in [0.25, 0.3) is 10.2 Å². The zero-order valence-corrected chi connectivity index (χ0v) is 24.9. The van der Waals surface area contributed by atoms with E-state index in [1.54, 1.807) is 0 Å². The number of nitrogens with one attached hydrogen (secondary N) is 1. The summed E-state index contributed by atoms with van der Waals surface area (Å²) in [4.78, 5) is 15.5. The Hall–Kier alpha value is -3.11. The Morgan fingerprint density at radius 3 is 2.49 bits per heavy atom. The molecule has 12 heteroatoms. The number of nitriles is 1. The smallest absolute Gasteiger partial charge is 0.322 e. The number of carbonyl (C=O) groups is 1. The van der Waals surface area contributed by atoms with E-state index in [1.165, 1.54) is 20.2 Å². The molecule has 2 aromatic carbocycles. The molecule has 2 amide bonds. The normalized spacial score (nSPS) is 26.7. The van der Waals surface area contributed by atoms with E-state index >= 15 is 0 Å². The first-order chi connectivity index (χ1) is 20.7. The number of anilines is 1. The molecule has 1 N–H and O–H groups in total. The number of morpholine rings is 1. The second kappa shape index (κ2) is 12.1. The van der Waals surface area contributed by atoms with Crippen molar-refractivity contribution in [2.45, 2.75) is 50.0 Å². The van der Waals surface area contributed by atoms with Crippen LogP contribution >= 0.6 is 0 Å². The maximum atomic E-state index is 13.9. The minimum Gasteiger partial charge on any atom is -0.379 e. The van der Waals surface area contributed by atoms with E-state index in [1.807, 2.05) is 23.1 Å². The lowest BCUT2D eigenvalue weighted by molar-refractivity contribution is 0.0688. The molecule has 4 fully saturated rings. The summed E-state index contributed by atoms with van der Waals surface area (Å²) >= 11 is 0. The van der Waals surface area contributed by atoms with Crippen LogP contribution in [0.1, 0.15) is 49.7 Å². The number of hydrogen-bond acceptors (Lipinski definition) is 5. The predicted molar refractivity (Wildman–Crippen MR) is 156 cm³/mol. The number of nitrogens with zero attached hydrogens (tertiary/aromatic N) is 4. The molecule has 2 aliphatic heterocycles. The van der Waals surface area contributed by atoms with E-state index in [0.717, 1.165) is 37.8 Å². The number of hydrogen-bond donors (Lipinski definition) is 1. The zero-order chi connectivity index (χ0) is 30.2. The summed E-state index contributed by atoms with van der Waals surface area (Å²) in [7, 11) is -3.55. The molecular weight excluding hydrogens is 576 g/mol. The van der Waals surface area contributed by atoms with E-state index in [2.05, 4.69) is 17.5 Å². The fourth-order valence-corrected chi connectivity index (χ4v) is 8.86. The third-order valence-corrected chi connectivity index (χ3v) is 11.8. The van der Waals surface area contributed by atoms with Gasteiger partial charge in [0.15, 0.2) is 11.6 Å². The molecule has 43 heavy (non-hydrogen) atoms. The molecule has 0 aromatic heterocycles. The maximum Gasteiger partial charge on any atom is 0.322 e. The van der Waals surface area contributed by atoms with Crippen LogP contribution in [0.5, 0.6) is 0 Å². The molecule has 2 heterocycles. The molecule has 230 valence electrons. The average molecular weight is 614 g/mol. The van der Waals surface area contributed by atoms with Crippen LogP contribution in [0.4, 0.5) is 19.3 Å². The van der Waals surface area contributed by atoms with Crippen molar-refractivity contribution < 1.29 is 26.7 Å². The third kappa shape index (κ3) is 6.13. The van der Waals surface area contributed by atoms with Crippen molar-refractivity contribution in [3.8, 4) is 6.07 Å². The van der Waals surface area contributed by atoms with Crippen molar-refractivity contribution >= 4 is 21.9 Å².